The number of benzene rings is 2. The van der Waals surface area contributed by atoms with Gasteiger partial charge in [0.05, 0.1) is 10.6 Å². The first kappa shape index (κ1) is 22.5. The molecule has 5 rings (SSSR count). The van der Waals surface area contributed by atoms with E-state index in [1.54, 1.807) is 23.5 Å². The zero-order chi connectivity index (χ0) is 23.4. The smallest absolute Gasteiger partial charge is 0.263 e. The van der Waals surface area contributed by atoms with Crippen molar-refractivity contribution in [3.8, 4) is 10.6 Å². The summed E-state index contributed by atoms with van der Waals surface area (Å²) in [5, 5.41) is 3.20. The SMILES string of the molecule is O=S(=O)(Nc1ccncn1)c1ccc(N2CCN(Cc3csc(-c4ccccc4)n3)CC2)cc1.[HH]. The molecule has 1 saturated heterocycles. The van der Waals surface area contributed by atoms with Crippen LogP contribution >= 0.6 is 11.3 Å². The minimum Gasteiger partial charge on any atom is -0.369 e. The van der Waals surface area contributed by atoms with Gasteiger partial charge in [-0.1, -0.05) is 30.3 Å². The van der Waals surface area contributed by atoms with Gasteiger partial charge in [0, 0.05) is 57.0 Å². The summed E-state index contributed by atoms with van der Waals surface area (Å²) in [4.78, 5) is 17.4. The number of hydrogen-bond donors (Lipinski definition) is 1. The fourth-order valence-electron chi connectivity index (χ4n) is 3.87. The van der Waals surface area contributed by atoms with Crippen molar-refractivity contribution in [2.75, 3.05) is 35.8 Å². The molecule has 2 aromatic carbocycles. The van der Waals surface area contributed by atoms with E-state index in [-0.39, 0.29) is 12.1 Å². The van der Waals surface area contributed by atoms with Crippen molar-refractivity contribution in [2.24, 2.45) is 0 Å². The standard InChI is InChI=1S/C24H24N6O2S2.H2/c31-34(32,28-23-10-11-25-18-26-23)22-8-6-21(7-9-22)30-14-12-29(13-15-30)16-20-17-33-24(27-20)19-4-2-1-3-5-19;/h1-11,17-18H,12-16H2,(H,25,26,28);1H. The van der Waals surface area contributed by atoms with Gasteiger partial charge in [-0.3, -0.25) is 9.62 Å². The third-order valence-corrected chi connectivity index (χ3v) is 7.97. The van der Waals surface area contributed by atoms with Crippen molar-refractivity contribution in [3.63, 3.8) is 0 Å². The van der Waals surface area contributed by atoms with Crippen LogP contribution in [0.1, 0.15) is 7.12 Å². The third-order valence-electron chi connectivity index (χ3n) is 5.66. The monoisotopic (exact) mass is 494 g/mol. The van der Waals surface area contributed by atoms with E-state index in [2.05, 4.69) is 42.0 Å². The second-order valence-electron chi connectivity index (χ2n) is 7.97. The molecule has 0 saturated carbocycles. The van der Waals surface area contributed by atoms with Gasteiger partial charge in [0.2, 0.25) is 0 Å². The minimum absolute atomic E-state index is 0. The van der Waals surface area contributed by atoms with Crippen molar-refractivity contribution in [1.82, 2.24) is 19.9 Å². The van der Waals surface area contributed by atoms with Gasteiger partial charge >= 0.3 is 0 Å². The van der Waals surface area contributed by atoms with Crippen molar-refractivity contribution >= 4 is 32.9 Å². The van der Waals surface area contributed by atoms with Gasteiger partial charge in [0.1, 0.15) is 17.2 Å². The van der Waals surface area contributed by atoms with Crippen LogP contribution < -0.4 is 9.62 Å². The Kier molecular flexibility index (Phi) is 6.52. The maximum absolute atomic E-state index is 12.6. The summed E-state index contributed by atoms with van der Waals surface area (Å²) < 4.78 is 27.7. The van der Waals surface area contributed by atoms with Crippen molar-refractivity contribution in [1.29, 1.82) is 0 Å². The molecule has 4 aromatic rings. The Bertz CT molecular complexity index is 1330. The number of hydrogen-bond acceptors (Lipinski definition) is 8. The predicted octanol–water partition coefficient (Wildman–Crippen LogP) is 3.97. The maximum atomic E-state index is 12.6. The van der Waals surface area contributed by atoms with Gasteiger partial charge in [-0.2, -0.15) is 0 Å². The van der Waals surface area contributed by atoms with E-state index in [0.29, 0.717) is 0 Å². The maximum Gasteiger partial charge on any atom is 0.263 e. The van der Waals surface area contributed by atoms with Crippen molar-refractivity contribution < 1.29 is 9.84 Å². The highest BCUT2D eigenvalue weighted by molar-refractivity contribution is 7.92. The first-order valence-electron chi connectivity index (χ1n) is 10.9. The molecule has 1 N–H and O–H groups in total. The zero-order valence-electron chi connectivity index (χ0n) is 18.4. The van der Waals surface area contributed by atoms with Gasteiger partial charge < -0.3 is 4.90 Å². The molecular weight excluding hydrogens is 468 g/mol. The van der Waals surface area contributed by atoms with E-state index in [1.807, 2.05) is 30.3 Å². The topological polar surface area (TPSA) is 91.3 Å². The van der Waals surface area contributed by atoms with Crippen LogP contribution in [0, 0.1) is 0 Å². The number of nitrogens with one attached hydrogen (secondary N) is 1. The van der Waals surface area contributed by atoms with Crippen LogP contribution in [0.15, 0.2) is 83.5 Å². The molecule has 0 bridgehead atoms. The molecule has 0 aliphatic carbocycles. The molecule has 3 heterocycles. The van der Waals surface area contributed by atoms with E-state index in [9.17, 15) is 8.42 Å². The summed E-state index contributed by atoms with van der Waals surface area (Å²) in [7, 11) is -3.70. The van der Waals surface area contributed by atoms with Gasteiger partial charge in [0.25, 0.3) is 10.0 Å². The molecule has 0 radical (unpaired) electrons. The van der Waals surface area contributed by atoms with Crippen LogP contribution in [-0.4, -0.2) is 54.4 Å². The molecule has 0 amide bonds. The largest absolute Gasteiger partial charge is 0.369 e. The average Bonchev–Trinajstić information content (AvgIpc) is 3.34. The van der Waals surface area contributed by atoms with Crippen LogP contribution in [0.4, 0.5) is 11.5 Å². The van der Waals surface area contributed by atoms with Gasteiger partial charge in [-0.15, -0.1) is 11.3 Å². The lowest BCUT2D eigenvalue weighted by Crippen LogP contribution is -2.46. The second kappa shape index (κ2) is 9.88. The van der Waals surface area contributed by atoms with Crippen LogP contribution in [0.2, 0.25) is 0 Å². The molecule has 2 aromatic heterocycles. The Balaban J connectivity index is 0.00000289. The van der Waals surface area contributed by atoms with E-state index in [0.717, 1.165) is 54.7 Å². The molecular formula is C24H26N6O2S2. The first-order chi connectivity index (χ1) is 16.6. The zero-order valence-corrected chi connectivity index (χ0v) is 20.0. The van der Waals surface area contributed by atoms with Crippen molar-refractivity contribution in [2.45, 2.75) is 11.4 Å². The summed E-state index contributed by atoms with van der Waals surface area (Å²) in [5.41, 5.74) is 3.27. The fourth-order valence-corrected chi connectivity index (χ4v) is 5.70. The lowest BCUT2D eigenvalue weighted by Gasteiger charge is -2.35. The first-order valence-corrected chi connectivity index (χ1v) is 13.3. The molecule has 0 spiro atoms. The highest BCUT2D eigenvalue weighted by Gasteiger charge is 2.20. The molecule has 10 heteroatoms. The van der Waals surface area contributed by atoms with Gasteiger partial charge in [0.15, 0.2) is 0 Å². The number of anilines is 2. The van der Waals surface area contributed by atoms with E-state index < -0.39 is 10.0 Å². The Morgan fingerprint density at radius 2 is 1.74 bits per heavy atom. The number of piperazine rings is 1. The summed E-state index contributed by atoms with van der Waals surface area (Å²) >= 11 is 1.68. The number of aromatic nitrogens is 3. The minimum atomic E-state index is -3.70. The molecule has 0 atom stereocenters. The highest BCUT2D eigenvalue weighted by atomic mass is 32.2. The quantitative estimate of drug-likeness (QED) is 0.416. The Labute approximate surface area is 204 Å². The van der Waals surface area contributed by atoms with Crippen LogP contribution in [-0.2, 0) is 16.6 Å². The molecule has 34 heavy (non-hydrogen) atoms. The number of nitrogens with zero attached hydrogens (tertiary/aromatic N) is 5. The lowest BCUT2D eigenvalue weighted by molar-refractivity contribution is 0.247. The van der Waals surface area contributed by atoms with Crippen molar-refractivity contribution in [3.05, 3.63) is 84.3 Å². The summed E-state index contributed by atoms with van der Waals surface area (Å²) in [6.45, 7) is 4.44. The van der Waals surface area contributed by atoms with Gasteiger partial charge in [-0.05, 0) is 30.3 Å². The van der Waals surface area contributed by atoms with Crippen LogP contribution in [0.5, 0.6) is 0 Å². The second-order valence-corrected chi connectivity index (χ2v) is 10.5. The molecule has 176 valence electrons. The highest BCUT2D eigenvalue weighted by Crippen LogP contribution is 2.25. The van der Waals surface area contributed by atoms with E-state index in [1.165, 1.54) is 18.6 Å². The average molecular weight is 495 g/mol. The summed E-state index contributed by atoms with van der Waals surface area (Å²) in [6.07, 6.45) is 2.79. The molecule has 0 unspecified atom stereocenters. The van der Waals surface area contributed by atoms with Crippen LogP contribution in [0.25, 0.3) is 10.6 Å². The Morgan fingerprint density at radius 1 is 0.971 bits per heavy atom. The normalized spacial score (nSPS) is 14.8. The fraction of sp³-hybridized carbons (Fsp3) is 0.208. The predicted molar refractivity (Wildman–Crippen MR) is 136 cm³/mol. The van der Waals surface area contributed by atoms with Crippen LogP contribution in [0.3, 0.4) is 0 Å². The lowest BCUT2D eigenvalue weighted by atomic mass is 10.2. The molecule has 1 aliphatic rings. The molecule has 1 aliphatic heterocycles. The molecule has 8 nitrogen and oxygen atoms in total. The van der Waals surface area contributed by atoms with Gasteiger partial charge in [-0.25, -0.2) is 23.4 Å². The number of rotatable bonds is 7. The Hall–Kier alpha value is -3.34. The number of sulfonamides is 1. The Morgan fingerprint density at radius 3 is 2.44 bits per heavy atom. The number of thiazole rings is 1. The van der Waals surface area contributed by atoms with E-state index in [4.69, 9.17) is 4.98 Å². The third kappa shape index (κ3) is 5.24. The summed E-state index contributed by atoms with van der Waals surface area (Å²) in [5.74, 6) is 0.242. The van der Waals surface area contributed by atoms with E-state index >= 15 is 0 Å². The summed E-state index contributed by atoms with van der Waals surface area (Å²) in [6, 6.07) is 18.7. The molecule has 1 fully saturated rings.